The minimum Gasteiger partial charge on any atom is -0.457 e. The molecule has 3 rings (SSSR count). The molecule has 0 spiro atoms. The highest BCUT2D eigenvalue weighted by Gasteiger charge is 2.07. The quantitative estimate of drug-likeness (QED) is 0.417. The van der Waals surface area contributed by atoms with Crippen molar-refractivity contribution in [2.75, 3.05) is 0 Å². The molecule has 134 valence electrons. The zero-order chi connectivity index (χ0) is 19.1. The lowest BCUT2D eigenvalue weighted by atomic mass is 10.1. The van der Waals surface area contributed by atoms with Crippen LogP contribution in [0.3, 0.4) is 0 Å². The predicted molar refractivity (Wildman–Crippen MR) is 111 cm³/mol. The number of carbonyl (C=O) groups excluding carboxylic acids is 1. The van der Waals surface area contributed by atoms with E-state index in [-0.39, 0.29) is 12.6 Å². The van der Waals surface area contributed by atoms with Crippen molar-refractivity contribution in [3.05, 3.63) is 107 Å². The number of carbonyl (C=O) groups is 1. The van der Waals surface area contributed by atoms with Crippen molar-refractivity contribution in [1.82, 2.24) is 0 Å². The third kappa shape index (κ3) is 5.25. The van der Waals surface area contributed by atoms with Gasteiger partial charge in [0.2, 0.25) is 0 Å². The van der Waals surface area contributed by atoms with Crippen molar-refractivity contribution in [1.29, 1.82) is 0 Å². The van der Waals surface area contributed by atoms with Crippen LogP contribution in [0, 0.1) is 6.92 Å². The molecule has 0 unspecified atom stereocenters. The first-order valence-corrected chi connectivity index (χ1v) is 8.73. The van der Waals surface area contributed by atoms with Gasteiger partial charge in [0.15, 0.2) is 0 Å². The number of nitrogens with zero attached hydrogens (tertiary/aromatic N) is 1. The molecule has 0 amide bonds. The van der Waals surface area contributed by atoms with Gasteiger partial charge in [0.25, 0.3) is 0 Å². The van der Waals surface area contributed by atoms with E-state index >= 15 is 0 Å². The number of benzene rings is 3. The monoisotopic (exact) mass is 355 g/mol. The van der Waals surface area contributed by atoms with Crippen LogP contribution in [0.15, 0.2) is 84.4 Å². The summed E-state index contributed by atoms with van der Waals surface area (Å²) in [5.41, 5.74) is 5.51. The van der Waals surface area contributed by atoms with Gasteiger partial charge in [0.1, 0.15) is 6.61 Å². The first-order valence-electron chi connectivity index (χ1n) is 8.73. The summed E-state index contributed by atoms with van der Waals surface area (Å²) in [7, 11) is 0. The van der Waals surface area contributed by atoms with Crippen molar-refractivity contribution >= 4 is 23.9 Å². The summed E-state index contributed by atoms with van der Waals surface area (Å²) in [6.45, 7) is 6.01. The van der Waals surface area contributed by atoms with Gasteiger partial charge in [-0.2, -0.15) is 0 Å². The summed E-state index contributed by atoms with van der Waals surface area (Å²) in [6, 6.07) is 22.9. The predicted octanol–water partition coefficient (Wildman–Crippen LogP) is 5.75. The molecule has 27 heavy (non-hydrogen) atoms. The lowest BCUT2D eigenvalue weighted by molar-refractivity contribution is 0.0472. The lowest BCUT2D eigenvalue weighted by Gasteiger charge is -2.06. The Bertz CT molecular complexity index is 937. The average molecular weight is 355 g/mol. The largest absolute Gasteiger partial charge is 0.457 e. The summed E-state index contributed by atoms with van der Waals surface area (Å²) in [5.74, 6) is -0.343. The SMILES string of the molecule is C=Cc1ccc(COC(=O)c2ccc(C=Nc3ccc(C)cc3)cc2)cc1. The second-order valence-corrected chi connectivity index (χ2v) is 6.24. The van der Waals surface area contributed by atoms with E-state index in [4.69, 9.17) is 4.74 Å². The van der Waals surface area contributed by atoms with Crippen molar-refractivity contribution in [3.63, 3.8) is 0 Å². The molecule has 0 heterocycles. The highest BCUT2D eigenvalue weighted by molar-refractivity contribution is 5.91. The fraction of sp³-hybridized carbons (Fsp3) is 0.0833. The maximum absolute atomic E-state index is 12.2. The van der Waals surface area contributed by atoms with Gasteiger partial charge in [0, 0.05) is 6.21 Å². The van der Waals surface area contributed by atoms with E-state index in [9.17, 15) is 4.79 Å². The van der Waals surface area contributed by atoms with E-state index in [1.165, 1.54) is 5.56 Å². The van der Waals surface area contributed by atoms with Gasteiger partial charge in [-0.25, -0.2) is 4.79 Å². The summed E-state index contributed by atoms with van der Waals surface area (Å²) in [5, 5.41) is 0. The van der Waals surface area contributed by atoms with Crippen molar-refractivity contribution in [2.45, 2.75) is 13.5 Å². The Morgan fingerprint density at radius 2 is 1.56 bits per heavy atom. The van der Waals surface area contributed by atoms with E-state index in [0.717, 1.165) is 22.4 Å². The molecule has 3 aromatic rings. The summed E-state index contributed by atoms with van der Waals surface area (Å²) in [4.78, 5) is 16.6. The third-order valence-electron chi connectivity index (χ3n) is 4.13. The Morgan fingerprint density at radius 1 is 0.926 bits per heavy atom. The molecule has 0 aliphatic carbocycles. The Balaban J connectivity index is 1.57. The van der Waals surface area contributed by atoms with Crippen LogP contribution in [0.25, 0.3) is 6.08 Å². The van der Waals surface area contributed by atoms with Gasteiger partial charge in [-0.15, -0.1) is 0 Å². The van der Waals surface area contributed by atoms with E-state index < -0.39 is 0 Å². The van der Waals surface area contributed by atoms with Crippen LogP contribution in [-0.2, 0) is 11.3 Å². The van der Waals surface area contributed by atoms with Crippen LogP contribution >= 0.6 is 0 Å². The minimum atomic E-state index is -0.343. The molecular weight excluding hydrogens is 334 g/mol. The van der Waals surface area contributed by atoms with Crippen LogP contribution in [0.5, 0.6) is 0 Å². The van der Waals surface area contributed by atoms with Gasteiger partial charge < -0.3 is 4.74 Å². The third-order valence-corrected chi connectivity index (χ3v) is 4.13. The van der Waals surface area contributed by atoms with Crippen LogP contribution in [0.4, 0.5) is 5.69 Å². The fourth-order valence-electron chi connectivity index (χ4n) is 2.47. The normalized spacial score (nSPS) is 10.7. The summed E-state index contributed by atoms with van der Waals surface area (Å²) in [6.07, 6.45) is 3.56. The van der Waals surface area contributed by atoms with Crippen molar-refractivity contribution in [3.8, 4) is 0 Å². The van der Waals surface area contributed by atoms with E-state index in [1.807, 2.05) is 67.6 Å². The Hall–Kier alpha value is -3.46. The topological polar surface area (TPSA) is 38.7 Å². The molecule has 0 atom stereocenters. The molecular formula is C24H21NO2. The van der Waals surface area contributed by atoms with Crippen molar-refractivity contribution < 1.29 is 9.53 Å². The number of esters is 1. The molecule has 3 heteroatoms. The molecule has 3 aromatic carbocycles. The van der Waals surface area contributed by atoms with Crippen LogP contribution in [-0.4, -0.2) is 12.2 Å². The molecule has 0 saturated heterocycles. The van der Waals surface area contributed by atoms with Gasteiger partial charge in [0.05, 0.1) is 11.3 Å². The molecule has 0 saturated carbocycles. The number of aliphatic imine (C=N–C) groups is 1. The number of ether oxygens (including phenoxy) is 1. The van der Waals surface area contributed by atoms with Crippen LogP contribution < -0.4 is 0 Å². The number of aryl methyl sites for hydroxylation is 1. The van der Waals surface area contributed by atoms with Crippen molar-refractivity contribution in [2.24, 2.45) is 4.99 Å². The van der Waals surface area contributed by atoms with Gasteiger partial charge in [-0.1, -0.05) is 66.7 Å². The second-order valence-electron chi connectivity index (χ2n) is 6.24. The lowest BCUT2D eigenvalue weighted by Crippen LogP contribution is -2.05. The summed E-state index contributed by atoms with van der Waals surface area (Å²) < 4.78 is 5.37. The molecule has 0 radical (unpaired) electrons. The Labute approximate surface area is 159 Å². The van der Waals surface area contributed by atoms with E-state index in [1.54, 1.807) is 24.4 Å². The standard InChI is InChI=1S/C24H21NO2/c1-3-19-6-8-21(9-7-19)17-27-24(26)22-12-10-20(11-13-22)16-25-23-14-4-18(2)5-15-23/h3-16H,1,17H2,2H3. The smallest absolute Gasteiger partial charge is 0.338 e. The molecule has 0 aliphatic heterocycles. The van der Waals surface area contributed by atoms with E-state index in [2.05, 4.69) is 11.6 Å². The molecule has 0 fully saturated rings. The Morgan fingerprint density at radius 3 is 2.19 bits per heavy atom. The van der Waals surface area contributed by atoms with Gasteiger partial charge in [-0.3, -0.25) is 4.99 Å². The average Bonchev–Trinajstić information content (AvgIpc) is 2.72. The van der Waals surface area contributed by atoms with Crippen LogP contribution in [0.2, 0.25) is 0 Å². The highest BCUT2D eigenvalue weighted by Crippen LogP contribution is 2.13. The van der Waals surface area contributed by atoms with Gasteiger partial charge >= 0.3 is 5.97 Å². The first-order chi connectivity index (χ1) is 13.1. The molecule has 0 bridgehead atoms. The maximum Gasteiger partial charge on any atom is 0.338 e. The number of hydrogen-bond acceptors (Lipinski definition) is 3. The number of hydrogen-bond donors (Lipinski definition) is 0. The second kappa shape index (κ2) is 8.77. The first kappa shape index (κ1) is 18.3. The molecule has 0 aliphatic rings. The zero-order valence-corrected chi connectivity index (χ0v) is 15.3. The Kier molecular flexibility index (Phi) is 5.95. The maximum atomic E-state index is 12.2. The molecule has 3 nitrogen and oxygen atoms in total. The molecule has 0 N–H and O–H groups in total. The zero-order valence-electron chi connectivity index (χ0n) is 15.3. The number of rotatable bonds is 6. The highest BCUT2D eigenvalue weighted by atomic mass is 16.5. The van der Waals surface area contributed by atoms with Crippen LogP contribution in [0.1, 0.15) is 32.6 Å². The van der Waals surface area contributed by atoms with E-state index in [0.29, 0.717) is 5.56 Å². The fourth-order valence-corrected chi connectivity index (χ4v) is 2.47. The molecule has 0 aromatic heterocycles. The van der Waals surface area contributed by atoms with Gasteiger partial charge in [-0.05, 0) is 47.9 Å². The summed E-state index contributed by atoms with van der Waals surface area (Å²) >= 11 is 0. The minimum absolute atomic E-state index is 0.243.